The number of hydrogen-bond donors (Lipinski definition) is 0. The lowest BCUT2D eigenvalue weighted by molar-refractivity contribution is -0.131. The molecule has 0 radical (unpaired) electrons. The van der Waals surface area contributed by atoms with Crippen molar-refractivity contribution < 1.29 is 13.2 Å². The van der Waals surface area contributed by atoms with E-state index in [1.807, 2.05) is 0 Å². The fourth-order valence-corrected chi connectivity index (χ4v) is 6.53. The first kappa shape index (κ1) is 17.8. The van der Waals surface area contributed by atoms with Crippen molar-refractivity contribution in [2.24, 2.45) is 0 Å². The molecule has 8 heteroatoms. The topological polar surface area (TPSA) is 60.9 Å². The van der Waals surface area contributed by atoms with Crippen molar-refractivity contribution in [2.75, 3.05) is 45.2 Å². The van der Waals surface area contributed by atoms with Crippen LogP contribution in [0.15, 0.2) is 12.1 Å². The zero-order valence-electron chi connectivity index (χ0n) is 14.4. The van der Waals surface area contributed by atoms with Crippen LogP contribution in [0.4, 0.5) is 0 Å². The van der Waals surface area contributed by atoms with Crippen LogP contribution in [-0.4, -0.2) is 86.3 Å². The van der Waals surface area contributed by atoms with Crippen LogP contribution >= 0.6 is 11.3 Å². The normalized spacial score (nSPS) is 27.1. The van der Waals surface area contributed by atoms with Gasteiger partial charge in [-0.05, 0) is 19.1 Å². The Kier molecular flexibility index (Phi) is 5.01. The Morgan fingerprint density at radius 3 is 2.42 bits per heavy atom. The second-order valence-electron chi connectivity index (χ2n) is 6.95. The Balaban J connectivity index is 1.76. The van der Waals surface area contributed by atoms with Gasteiger partial charge in [-0.2, -0.15) is 0 Å². The summed E-state index contributed by atoms with van der Waals surface area (Å²) >= 11 is 1.77. The van der Waals surface area contributed by atoms with Crippen molar-refractivity contribution in [3.8, 4) is 0 Å². The summed E-state index contributed by atoms with van der Waals surface area (Å²) in [6, 6.07) is 4.14. The number of hydrogen-bond acceptors (Lipinski definition) is 6. The molecule has 24 heavy (non-hydrogen) atoms. The summed E-state index contributed by atoms with van der Waals surface area (Å²) < 4.78 is 24.4. The minimum atomic E-state index is -3.04. The molecule has 2 atom stereocenters. The molecule has 1 aromatic heterocycles. The molecular formula is C16H25N3O3S2. The highest BCUT2D eigenvalue weighted by Gasteiger charge is 2.46. The molecule has 3 rings (SSSR count). The smallest absolute Gasteiger partial charge is 0.236 e. The van der Waals surface area contributed by atoms with Gasteiger partial charge in [-0.3, -0.25) is 14.6 Å². The number of fused-ring (bicyclic) bond motifs is 1. The van der Waals surface area contributed by atoms with Crippen LogP contribution in [0.5, 0.6) is 0 Å². The molecule has 0 aromatic carbocycles. The standard InChI is InChI=1S/C16H25N3O3S2/c1-12-4-5-13(23-12)8-18-6-7-19(9-16(20)17(2)3)15-11-24(21,22)10-14(15)18/h4-5,14-15H,6-11H2,1-3H3/t14-,15+/m1/s1. The number of rotatable bonds is 4. The average molecular weight is 372 g/mol. The van der Waals surface area contributed by atoms with Crippen LogP contribution in [0.25, 0.3) is 0 Å². The summed E-state index contributed by atoms with van der Waals surface area (Å²) in [6.07, 6.45) is 0. The summed E-state index contributed by atoms with van der Waals surface area (Å²) in [4.78, 5) is 20.5. The number of likely N-dealkylation sites (N-methyl/N-ethyl adjacent to an activating group) is 1. The van der Waals surface area contributed by atoms with E-state index in [0.29, 0.717) is 6.54 Å². The Hall–Kier alpha value is -0.960. The minimum Gasteiger partial charge on any atom is -0.348 e. The molecule has 0 aliphatic carbocycles. The van der Waals surface area contributed by atoms with Gasteiger partial charge in [0.05, 0.1) is 18.1 Å². The van der Waals surface area contributed by atoms with Crippen LogP contribution in [0.2, 0.25) is 0 Å². The Labute approximate surface area is 148 Å². The highest BCUT2D eigenvalue weighted by molar-refractivity contribution is 7.91. The number of amides is 1. The van der Waals surface area contributed by atoms with Crippen molar-refractivity contribution in [3.63, 3.8) is 0 Å². The molecule has 0 N–H and O–H groups in total. The molecule has 6 nitrogen and oxygen atoms in total. The molecule has 0 bridgehead atoms. The van der Waals surface area contributed by atoms with Crippen molar-refractivity contribution >= 4 is 27.1 Å². The molecule has 2 aliphatic heterocycles. The van der Waals surface area contributed by atoms with Crippen LogP contribution in [-0.2, 0) is 21.2 Å². The Bertz CT molecular complexity index is 714. The maximum atomic E-state index is 12.2. The summed E-state index contributed by atoms with van der Waals surface area (Å²) in [6.45, 7) is 4.72. The Morgan fingerprint density at radius 2 is 1.83 bits per heavy atom. The first-order chi connectivity index (χ1) is 11.2. The van der Waals surface area contributed by atoms with Crippen LogP contribution in [0, 0.1) is 6.92 Å². The zero-order valence-corrected chi connectivity index (χ0v) is 16.1. The van der Waals surface area contributed by atoms with E-state index >= 15 is 0 Å². The highest BCUT2D eigenvalue weighted by Crippen LogP contribution is 2.29. The van der Waals surface area contributed by atoms with Gasteiger partial charge in [0.1, 0.15) is 0 Å². The number of sulfone groups is 1. The molecular weight excluding hydrogens is 346 g/mol. The fourth-order valence-electron chi connectivity index (χ4n) is 3.57. The van der Waals surface area contributed by atoms with Crippen molar-refractivity contribution in [2.45, 2.75) is 25.6 Å². The van der Waals surface area contributed by atoms with Gasteiger partial charge >= 0.3 is 0 Å². The van der Waals surface area contributed by atoms with Crippen LogP contribution in [0.3, 0.4) is 0 Å². The molecule has 2 fully saturated rings. The van der Waals surface area contributed by atoms with Gasteiger partial charge in [-0.25, -0.2) is 8.42 Å². The van der Waals surface area contributed by atoms with Crippen molar-refractivity contribution in [1.82, 2.24) is 14.7 Å². The van der Waals surface area contributed by atoms with E-state index in [1.54, 1.807) is 30.3 Å². The van der Waals surface area contributed by atoms with E-state index in [-0.39, 0.29) is 29.5 Å². The second kappa shape index (κ2) is 6.74. The monoisotopic (exact) mass is 371 g/mol. The van der Waals surface area contributed by atoms with E-state index in [9.17, 15) is 13.2 Å². The van der Waals surface area contributed by atoms with Gasteiger partial charge in [0.25, 0.3) is 0 Å². The molecule has 1 amide bonds. The molecule has 0 spiro atoms. The molecule has 2 saturated heterocycles. The number of nitrogens with zero attached hydrogens (tertiary/aromatic N) is 3. The van der Waals surface area contributed by atoms with Crippen molar-refractivity contribution in [3.05, 3.63) is 21.9 Å². The van der Waals surface area contributed by atoms with Crippen LogP contribution < -0.4 is 0 Å². The Morgan fingerprint density at radius 1 is 1.21 bits per heavy atom. The highest BCUT2D eigenvalue weighted by atomic mass is 32.2. The lowest BCUT2D eigenvalue weighted by Crippen LogP contribution is -2.60. The SMILES string of the molecule is Cc1ccc(CN2CCN(CC(=O)N(C)C)[C@H]3CS(=O)(=O)C[C@H]32)s1. The predicted molar refractivity (Wildman–Crippen MR) is 96.0 cm³/mol. The maximum Gasteiger partial charge on any atom is 0.236 e. The van der Waals surface area contributed by atoms with Crippen molar-refractivity contribution in [1.29, 1.82) is 0 Å². The first-order valence-electron chi connectivity index (χ1n) is 8.19. The predicted octanol–water partition coefficient (Wildman–Crippen LogP) is 0.428. The number of carbonyl (C=O) groups excluding carboxylic acids is 1. The molecule has 3 heterocycles. The molecule has 2 aliphatic rings. The fraction of sp³-hybridized carbons (Fsp3) is 0.688. The van der Waals surface area contributed by atoms with E-state index in [2.05, 4.69) is 28.9 Å². The van der Waals surface area contributed by atoms with Gasteiger partial charge in [-0.15, -0.1) is 11.3 Å². The minimum absolute atomic E-state index is 0.0129. The van der Waals surface area contributed by atoms with Gasteiger partial charge in [0, 0.05) is 55.6 Å². The van der Waals surface area contributed by atoms with Gasteiger partial charge in [0.2, 0.25) is 5.91 Å². The molecule has 0 unspecified atom stereocenters. The summed E-state index contributed by atoms with van der Waals surface area (Å²) in [5.41, 5.74) is 0. The lowest BCUT2D eigenvalue weighted by Gasteiger charge is -2.43. The third kappa shape index (κ3) is 3.82. The number of carbonyl (C=O) groups is 1. The largest absolute Gasteiger partial charge is 0.348 e. The first-order valence-corrected chi connectivity index (χ1v) is 10.8. The van der Waals surface area contributed by atoms with E-state index in [0.717, 1.165) is 19.6 Å². The molecule has 1 aromatic rings. The van der Waals surface area contributed by atoms with E-state index in [1.165, 1.54) is 9.75 Å². The van der Waals surface area contributed by atoms with E-state index < -0.39 is 9.84 Å². The molecule has 134 valence electrons. The zero-order chi connectivity index (χ0) is 17.5. The molecule has 0 saturated carbocycles. The number of aryl methyl sites for hydroxylation is 1. The van der Waals surface area contributed by atoms with Gasteiger partial charge < -0.3 is 4.90 Å². The average Bonchev–Trinajstić information content (AvgIpc) is 3.03. The van der Waals surface area contributed by atoms with Gasteiger partial charge in [-0.1, -0.05) is 0 Å². The number of thiophene rings is 1. The summed E-state index contributed by atoms with van der Waals surface area (Å²) in [5, 5.41) is 0. The van der Waals surface area contributed by atoms with Crippen LogP contribution in [0.1, 0.15) is 9.75 Å². The lowest BCUT2D eigenvalue weighted by atomic mass is 10.0. The quantitative estimate of drug-likeness (QED) is 0.768. The maximum absolute atomic E-state index is 12.2. The third-order valence-electron chi connectivity index (χ3n) is 4.90. The second-order valence-corrected chi connectivity index (χ2v) is 10.5. The van der Waals surface area contributed by atoms with Gasteiger partial charge in [0.15, 0.2) is 9.84 Å². The van der Waals surface area contributed by atoms with E-state index in [4.69, 9.17) is 0 Å². The number of piperazine rings is 1. The summed E-state index contributed by atoms with van der Waals surface area (Å²) in [5.74, 6) is 0.396. The third-order valence-corrected chi connectivity index (χ3v) is 7.58. The summed E-state index contributed by atoms with van der Waals surface area (Å²) in [7, 11) is 0.431.